The number of benzene rings is 2. The number of fused-ring (bicyclic) bond motifs is 1. The molecule has 1 amide bonds. The molecule has 2 heterocycles. The van der Waals surface area contributed by atoms with Crippen LogP contribution in [0.15, 0.2) is 60.9 Å². The highest BCUT2D eigenvalue weighted by molar-refractivity contribution is 7.22. The van der Waals surface area contributed by atoms with Crippen LogP contribution in [0.1, 0.15) is 21.5 Å². The first-order valence-electron chi connectivity index (χ1n) is 9.37. The van der Waals surface area contributed by atoms with Gasteiger partial charge in [-0.25, -0.2) is 4.98 Å². The van der Waals surface area contributed by atoms with Crippen molar-refractivity contribution in [3.8, 4) is 5.75 Å². The van der Waals surface area contributed by atoms with E-state index in [0.29, 0.717) is 16.4 Å². The number of aromatic nitrogens is 2. The van der Waals surface area contributed by atoms with E-state index in [9.17, 15) is 14.9 Å². The highest BCUT2D eigenvalue weighted by Gasteiger charge is 2.24. The number of ether oxygens (including phenoxy) is 1. The van der Waals surface area contributed by atoms with E-state index in [0.717, 1.165) is 15.8 Å². The van der Waals surface area contributed by atoms with Crippen LogP contribution in [0.5, 0.6) is 5.75 Å². The van der Waals surface area contributed by atoms with E-state index >= 15 is 0 Å². The molecule has 2 aromatic heterocycles. The van der Waals surface area contributed by atoms with Crippen LogP contribution in [0, 0.1) is 17.0 Å². The molecule has 0 aliphatic heterocycles. The fraction of sp³-hybridized carbons (Fsp3) is 0.136. The van der Waals surface area contributed by atoms with Crippen LogP contribution in [0.2, 0.25) is 0 Å². The number of carbonyl (C=O) groups excluding carboxylic acids is 1. The van der Waals surface area contributed by atoms with Crippen molar-refractivity contribution in [2.24, 2.45) is 0 Å². The van der Waals surface area contributed by atoms with Gasteiger partial charge in [0, 0.05) is 30.1 Å². The smallest absolute Gasteiger partial charge is 0.270 e. The van der Waals surface area contributed by atoms with Crippen LogP contribution < -0.4 is 9.64 Å². The summed E-state index contributed by atoms with van der Waals surface area (Å²) in [6.45, 7) is 2.19. The Morgan fingerprint density at radius 2 is 2.06 bits per heavy atom. The molecule has 0 aliphatic rings. The van der Waals surface area contributed by atoms with E-state index in [1.165, 1.54) is 34.4 Å². The fourth-order valence-electron chi connectivity index (χ4n) is 3.19. The molecule has 0 aliphatic carbocycles. The zero-order valence-electron chi connectivity index (χ0n) is 16.8. The van der Waals surface area contributed by atoms with Crippen molar-refractivity contribution in [1.82, 2.24) is 9.97 Å². The summed E-state index contributed by atoms with van der Waals surface area (Å²) in [4.78, 5) is 34.4. The van der Waals surface area contributed by atoms with Gasteiger partial charge in [0.25, 0.3) is 11.6 Å². The third kappa shape index (κ3) is 4.08. The van der Waals surface area contributed by atoms with Gasteiger partial charge in [-0.1, -0.05) is 29.5 Å². The molecule has 2 aromatic carbocycles. The minimum atomic E-state index is -0.520. The zero-order valence-corrected chi connectivity index (χ0v) is 17.6. The number of amides is 1. The first kappa shape index (κ1) is 20.4. The van der Waals surface area contributed by atoms with E-state index in [4.69, 9.17) is 4.74 Å². The van der Waals surface area contributed by atoms with Crippen LogP contribution in [0.4, 0.5) is 10.8 Å². The number of rotatable bonds is 6. The molecule has 9 heteroatoms. The maximum Gasteiger partial charge on any atom is 0.270 e. The summed E-state index contributed by atoms with van der Waals surface area (Å²) in [6.07, 6.45) is 3.33. The van der Waals surface area contributed by atoms with E-state index in [1.807, 2.05) is 25.1 Å². The number of nitrogens with zero attached hydrogens (tertiary/aromatic N) is 4. The number of aryl methyl sites for hydroxylation is 1. The molecular formula is C22H18N4O4S. The van der Waals surface area contributed by atoms with Gasteiger partial charge in [0.05, 0.1) is 23.3 Å². The number of nitro benzene ring substituents is 1. The Hall–Kier alpha value is -3.85. The summed E-state index contributed by atoms with van der Waals surface area (Å²) in [5, 5.41) is 11.7. The average Bonchev–Trinajstić information content (AvgIpc) is 3.24. The topological polar surface area (TPSA) is 98.5 Å². The van der Waals surface area contributed by atoms with E-state index in [1.54, 1.807) is 31.6 Å². The lowest BCUT2D eigenvalue weighted by molar-refractivity contribution is -0.384. The summed E-state index contributed by atoms with van der Waals surface area (Å²) in [5.41, 5.74) is 2.56. The van der Waals surface area contributed by atoms with E-state index in [-0.39, 0.29) is 23.7 Å². The number of thiazole rings is 1. The van der Waals surface area contributed by atoms with Crippen LogP contribution in [-0.4, -0.2) is 27.9 Å². The van der Waals surface area contributed by atoms with Gasteiger partial charge >= 0.3 is 0 Å². The van der Waals surface area contributed by atoms with E-state index < -0.39 is 4.92 Å². The van der Waals surface area contributed by atoms with Gasteiger partial charge in [-0.3, -0.25) is 24.8 Å². The van der Waals surface area contributed by atoms with Crippen molar-refractivity contribution >= 4 is 38.3 Å². The molecule has 0 unspecified atom stereocenters. The number of non-ortho nitro benzene ring substituents is 1. The summed E-state index contributed by atoms with van der Waals surface area (Å²) in [7, 11) is 1.57. The summed E-state index contributed by atoms with van der Waals surface area (Å²) in [6, 6.07) is 13.1. The second kappa shape index (κ2) is 8.49. The highest BCUT2D eigenvalue weighted by atomic mass is 32.1. The van der Waals surface area contributed by atoms with Gasteiger partial charge in [0.1, 0.15) is 11.3 Å². The molecule has 4 rings (SSSR count). The fourth-order valence-corrected chi connectivity index (χ4v) is 4.24. The van der Waals surface area contributed by atoms with E-state index in [2.05, 4.69) is 9.97 Å². The number of methoxy groups -OCH3 is 1. The molecule has 0 N–H and O–H groups in total. The quantitative estimate of drug-likeness (QED) is 0.320. The van der Waals surface area contributed by atoms with Gasteiger partial charge in [0.2, 0.25) is 0 Å². The first-order valence-corrected chi connectivity index (χ1v) is 10.2. The number of anilines is 1. The largest absolute Gasteiger partial charge is 0.494 e. The molecule has 156 valence electrons. The molecule has 31 heavy (non-hydrogen) atoms. The standard InChI is InChI=1S/C22H18N4O4S/c1-14-8-9-18(30-2)19-20(14)31-22(24-19)25(13-15-5-4-10-23-12-15)21(27)16-6-3-7-17(11-16)26(28)29/h3-12H,13H2,1-2H3. The van der Waals surface area contributed by atoms with Crippen molar-refractivity contribution in [2.45, 2.75) is 13.5 Å². The Bertz CT molecular complexity index is 1270. The SMILES string of the molecule is COc1ccc(C)c2sc(N(Cc3cccnc3)C(=O)c3cccc([N+](=O)[O-])c3)nc12. The minimum Gasteiger partial charge on any atom is -0.494 e. The normalized spacial score (nSPS) is 10.8. The molecule has 0 saturated carbocycles. The maximum atomic E-state index is 13.5. The molecule has 0 fully saturated rings. The number of carbonyl (C=O) groups is 1. The average molecular weight is 434 g/mol. The third-order valence-electron chi connectivity index (χ3n) is 4.76. The van der Waals surface area contributed by atoms with Gasteiger partial charge in [-0.05, 0) is 36.2 Å². The second-order valence-corrected chi connectivity index (χ2v) is 7.80. The Morgan fingerprint density at radius 3 is 2.77 bits per heavy atom. The van der Waals surface area contributed by atoms with Gasteiger partial charge < -0.3 is 4.74 Å². The highest BCUT2D eigenvalue weighted by Crippen LogP contribution is 2.37. The van der Waals surface area contributed by atoms with Crippen LogP contribution in [0.25, 0.3) is 10.2 Å². The Balaban J connectivity index is 1.82. The van der Waals surface area contributed by atoms with Crippen molar-refractivity contribution < 1.29 is 14.5 Å². The lowest BCUT2D eigenvalue weighted by Crippen LogP contribution is -2.30. The molecule has 0 bridgehead atoms. The van der Waals surface area contributed by atoms with Crippen LogP contribution in [0.3, 0.4) is 0 Å². The molecule has 0 saturated heterocycles. The van der Waals surface area contributed by atoms with Gasteiger partial charge in [-0.15, -0.1) is 0 Å². The number of hydrogen-bond acceptors (Lipinski definition) is 7. The molecule has 0 spiro atoms. The minimum absolute atomic E-state index is 0.144. The lowest BCUT2D eigenvalue weighted by atomic mass is 10.1. The molecular weight excluding hydrogens is 416 g/mol. The molecule has 8 nitrogen and oxygen atoms in total. The summed E-state index contributed by atoms with van der Waals surface area (Å²) < 4.78 is 6.35. The summed E-state index contributed by atoms with van der Waals surface area (Å²) in [5.74, 6) is 0.232. The summed E-state index contributed by atoms with van der Waals surface area (Å²) >= 11 is 1.37. The van der Waals surface area contributed by atoms with Gasteiger partial charge in [-0.2, -0.15) is 0 Å². The molecule has 0 atom stereocenters. The van der Waals surface area contributed by atoms with Gasteiger partial charge in [0.15, 0.2) is 5.13 Å². The predicted molar refractivity (Wildman–Crippen MR) is 119 cm³/mol. The number of pyridine rings is 1. The Labute approximate surface area is 181 Å². The van der Waals surface area contributed by atoms with Crippen molar-refractivity contribution in [3.05, 3.63) is 87.7 Å². The monoisotopic (exact) mass is 434 g/mol. The number of nitro groups is 1. The van der Waals surface area contributed by atoms with Crippen molar-refractivity contribution in [3.63, 3.8) is 0 Å². The van der Waals surface area contributed by atoms with Crippen molar-refractivity contribution in [1.29, 1.82) is 0 Å². The molecule has 0 radical (unpaired) electrons. The maximum absolute atomic E-state index is 13.5. The van der Waals surface area contributed by atoms with Crippen LogP contribution >= 0.6 is 11.3 Å². The zero-order chi connectivity index (χ0) is 22.0. The third-order valence-corrected chi connectivity index (χ3v) is 5.97. The lowest BCUT2D eigenvalue weighted by Gasteiger charge is -2.20. The second-order valence-electron chi connectivity index (χ2n) is 6.82. The number of hydrogen-bond donors (Lipinski definition) is 0. The molecule has 4 aromatic rings. The Morgan fingerprint density at radius 1 is 1.23 bits per heavy atom. The van der Waals surface area contributed by atoms with Crippen molar-refractivity contribution in [2.75, 3.05) is 12.0 Å². The van der Waals surface area contributed by atoms with Crippen LogP contribution in [-0.2, 0) is 6.54 Å². The Kier molecular flexibility index (Phi) is 5.59. The predicted octanol–water partition coefficient (Wildman–Crippen LogP) is 4.76. The first-order chi connectivity index (χ1) is 15.0.